The van der Waals surface area contributed by atoms with Gasteiger partial charge in [0.05, 0.1) is 0 Å². The number of hydrogen-bond acceptors (Lipinski definition) is 5. The van der Waals surface area contributed by atoms with Gasteiger partial charge in [-0.25, -0.2) is 0 Å². The van der Waals surface area contributed by atoms with Crippen LogP contribution in [0.5, 0.6) is 0 Å². The fourth-order valence-electron chi connectivity index (χ4n) is 2.54. The molecule has 0 aliphatic carbocycles. The number of primary amides is 1. The maximum Gasteiger partial charge on any atom is 0.253 e. The number of hydrogen-bond donors (Lipinski definition) is 3. The summed E-state index contributed by atoms with van der Waals surface area (Å²) >= 11 is 0. The van der Waals surface area contributed by atoms with Crippen LogP contribution < -0.4 is 16.4 Å². The molecule has 9 nitrogen and oxygen atoms in total. The maximum atomic E-state index is 12.2. The fourth-order valence-corrected chi connectivity index (χ4v) is 2.54. The van der Waals surface area contributed by atoms with Gasteiger partial charge in [-0.15, -0.1) is 0 Å². The van der Waals surface area contributed by atoms with E-state index in [2.05, 4.69) is 10.6 Å². The first-order valence-electron chi connectivity index (χ1n) is 9.06. The predicted molar refractivity (Wildman–Crippen MR) is 97.9 cm³/mol. The third-order valence-corrected chi connectivity index (χ3v) is 4.24. The van der Waals surface area contributed by atoms with Crippen molar-refractivity contribution in [2.75, 3.05) is 6.54 Å². The fraction of sp³-hybridized carbons (Fsp3) is 0.611. The van der Waals surface area contributed by atoms with Crippen molar-refractivity contribution in [1.82, 2.24) is 15.5 Å². The maximum absolute atomic E-state index is 12.2. The number of imide groups is 1. The summed E-state index contributed by atoms with van der Waals surface area (Å²) in [5, 5.41) is 5.15. The number of rotatable bonds is 11. The van der Waals surface area contributed by atoms with Gasteiger partial charge in [-0.2, -0.15) is 0 Å². The van der Waals surface area contributed by atoms with Gasteiger partial charge in [0.25, 0.3) is 11.8 Å². The van der Waals surface area contributed by atoms with Crippen molar-refractivity contribution in [3.8, 4) is 0 Å². The van der Waals surface area contributed by atoms with E-state index in [9.17, 15) is 24.0 Å². The van der Waals surface area contributed by atoms with Gasteiger partial charge in [-0.3, -0.25) is 28.9 Å². The Bertz CT molecular complexity index is 611. The molecule has 1 rings (SSSR count). The van der Waals surface area contributed by atoms with Crippen molar-refractivity contribution >= 4 is 29.5 Å². The second-order valence-electron chi connectivity index (χ2n) is 6.89. The van der Waals surface area contributed by atoms with Crippen LogP contribution in [0.15, 0.2) is 12.2 Å². The number of nitrogens with two attached hydrogens (primary N) is 1. The first-order valence-corrected chi connectivity index (χ1v) is 9.06. The molecule has 1 aliphatic heterocycles. The lowest BCUT2D eigenvalue weighted by molar-refractivity contribution is -0.137. The molecule has 0 saturated carbocycles. The van der Waals surface area contributed by atoms with E-state index in [0.717, 1.165) is 0 Å². The molecule has 1 aliphatic rings. The SMILES string of the molecule is CC(NC(=O)[C@@H](NC(=O)CCCCCN1C(=O)C=CC1=O)C(C)C)C(N)=O. The highest BCUT2D eigenvalue weighted by Gasteiger charge is 2.26. The van der Waals surface area contributed by atoms with E-state index < -0.39 is 23.9 Å². The molecule has 1 heterocycles. The Morgan fingerprint density at radius 3 is 2.11 bits per heavy atom. The highest BCUT2D eigenvalue weighted by atomic mass is 16.2. The predicted octanol–water partition coefficient (Wildman–Crippen LogP) is -0.397. The van der Waals surface area contributed by atoms with Crippen LogP contribution in [-0.4, -0.2) is 53.1 Å². The summed E-state index contributed by atoms with van der Waals surface area (Å²) in [7, 11) is 0. The number of nitrogens with one attached hydrogen (secondary N) is 2. The minimum Gasteiger partial charge on any atom is -0.368 e. The Morgan fingerprint density at radius 2 is 1.59 bits per heavy atom. The lowest BCUT2D eigenvalue weighted by atomic mass is 10.0. The van der Waals surface area contributed by atoms with E-state index in [1.165, 1.54) is 24.0 Å². The summed E-state index contributed by atoms with van der Waals surface area (Å²) in [6, 6.07) is -1.58. The quantitative estimate of drug-likeness (QED) is 0.331. The Balaban J connectivity index is 2.33. The summed E-state index contributed by atoms with van der Waals surface area (Å²) in [5.74, 6) is -2.16. The molecular formula is C18H28N4O5. The Morgan fingerprint density at radius 1 is 1.00 bits per heavy atom. The number of unbranched alkanes of at least 4 members (excludes halogenated alkanes) is 2. The van der Waals surface area contributed by atoms with Crippen molar-refractivity contribution in [3.63, 3.8) is 0 Å². The van der Waals surface area contributed by atoms with Crippen LogP contribution >= 0.6 is 0 Å². The van der Waals surface area contributed by atoms with Crippen LogP contribution in [0.1, 0.15) is 46.5 Å². The molecule has 0 radical (unpaired) electrons. The standard InChI is InChI=1S/C18H28N4O5/c1-11(2)16(18(27)20-12(3)17(19)26)21-13(23)7-5-4-6-10-22-14(24)8-9-15(22)25/h8-9,11-12,16H,4-7,10H2,1-3H3,(H2,19,26)(H,20,27)(H,21,23)/t12?,16-/m0/s1. The molecule has 2 atom stereocenters. The third-order valence-electron chi connectivity index (χ3n) is 4.24. The van der Waals surface area contributed by atoms with Gasteiger partial charge in [0.15, 0.2) is 0 Å². The molecular weight excluding hydrogens is 352 g/mol. The number of carbonyl (C=O) groups is 5. The molecule has 9 heteroatoms. The van der Waals surface area contributed by atoms with Gasteiger partial charge < -0.3 is 16.4 Å². The lowest BCUT2D eigenvalue weighted by Gasteiger charge is -2.23. The van der Waals surface area contributed by atoms with Gasteiger partial charge in [-0.1, -0.05) is 20.3 Å². The number of nitrogens with zero attached hydrogens (tertiary/aromatic N) is 1. The van der Waals surface area contributed by atoms with Crippen molar-refractivity contribution in [1.29, 1.82) is 0 Å². The lowest BCUT2D eigenvalue weighted by Crippen LogP contribution is -2.53. The smallest absolute Gasteiger partial charge is 0.253 e. The Labute approximate surface area is 158 Å². The average molecular weight is 380 g/mol. The van der Waals surface area contributed by atoms with E-state index in [1.807, 2.05) is 0 Å². The van der Waals surface area contributed by atoms with Gasteiger partial charge in [0, 0.05) is 25.1 Å². The number of carbonyl (C=O) groups excluding carboxylic acids is 5. The van der Waals surface area contributed by atoms with E-state index in [1.54, 1.807) is 13.8 Å². The molecule has 27 heavy (non-hydrogen) atoms. The van der Waals surface area contributed by atoms with Crippen LogP contribution in [0.3, 0.4) is 0 Å². The molecule has 0 saturated heterocycles. The molecule has 150 valence electrons. The van der Waals surface area contributed by atoms with E-state index in [0.29, 0.717) is 25.8 Å². The van der Waals surface area contributed by atoms with Gasteiger partial charge in [0.2, 0.25) is 17.7 Å². The molecule has 5 amide bonds. The van der Waals surface area contributed by atoms with E-state index in [-0.39, 0.29) is 30.1 Å². The highest BCUT2D eigenvalue weighted by molar-refractivity contribution is 6.12. The van der Waals surface area contributed by atoms with Gasteiger partial charge >= 0.3 is 0 Å². The normalized spacial score (nSPS) is 15.8. The third kappa shape index (κ3) is 7.20. The van der Waals surface area contributed by atoms with Crippen LogP contribution in [0, 0.1) is 5.92 Å². The second kappa shape index (κ2) is 10.4. The average Bonchev–Trinajstić information content (AvgIpc) is 2.90. The molecule has 0 fully saturated rings. The molecule has 1 unspecified atom stereocenters. The summed E-state index contributed by atoms with van der Waals surface area (Å²) in [6.07, 6.45) is 4.55. The minimum absolute atomic E-state index is 0.159. The summed E-state index contributed by atoms with van der Waals surface area (Å²) in [6.45, 7) is 5.38. The van der Waals surface area contributed by atoms with E-state index >= 15 is 0 Å². The van der Waals surface area contributed by atoms with Crippen LogP contribution in [0.25, 0.3) is 0 Å². The summed E-state index contributed by atoms with van der Waals surface area (Å²) in [4.78, 5) is 59.4. The summed E-state index contributed by atoms with van der Waals surface area (Å²) < 4.78 is 0. The van der Waals surface area contributed by atoms with Crippen molar-refractivity contribution in [2.24, 2.45) is 11.7 Å². The number of amides is 5. The first kappa shape index (κ1) is 22.3. The van der Waals surface area contributed by atoms with Crippen molar-refractivity contribution in [2.45, 2.75) is 58.5 Å². The monoisotopic (exact) mass is 380 g/mol. The highest BCUT2D eigenvalue weighted by Crippen LogP contribution is 2.08. The van der Waals surface area contributed by atoms with Crippen molar-refractivity contribution in [3.05, 3.63) is 12.2 Å². The molecule has 0 aromatic rings. The molecule has 0 aromatic heterocycles. The van der Waals surface area contributed by atoms with Crippen LogP contribution in [0.2, 0.25) is 0 Å². The zero-order valence-corrected chi connectivity index (χ0v) is 16.0. The minimum atomic E-state index is -0.818. The van der Waals surface area contributed by atoms with Crippen LogP contribution in [-0.2, 0) is 24.0 Å². The van der Waals surface area contributed by atoms with Crippen molar-refractivity contribution < 1.29 is 24.0 Å². The van der Waals surface area contributed by atoms with E-state index in [4.69, 9.17) is 5.73 Å². The molecule has 0 bridgehead atoms. The molecule has 0 spiro atoms. The topological polar surface area (TPSA) is 139 Å². The van der Waals surface area contributed by atoms with Gasteiger partial charge in [0.1, 0.15) is 12.1 Å². The molecule has 0 aromatic carbocycles. The molecule has 4 N–H and O–H groups in total. The largest absolute Gasteiger partial charge is 0.368 e. The Hall–Kier alpha value is -2.71. The summed E-state index contributed by atoms with van der Waals surface area (Å²) in [5.41, 5.74) is 5.13. The van der Waals surface area contributed by atoms with Gasteiger partial charge in [-0.05, 0) is 25.7 Å². The first-order chi connectivity index (χ1) is 12.6. The second-order valence-corrected chi connectivity index (χ2v) is 6.89. The Kier molecular flexibility index (Phi) is 8.64. The van der Waals surface area contributed by atoms with Crippen LogP contribution in [0.4, 0.5) is 0 Å². The zero-order valence-electron chi connectivity index (χ0n) is 16.0. The zero-order chi connectivity index (χ0) is 20.6.